The fourth-order valence-electron chi connectivity index (χ4n) is 6.03. The molecule has 3 N–H and O–H groups in total. The van der Waals surface area contributed by atoms with E-state index in [1.165, 1.54) is 11.1 Å². The van der Waals surface area contributed by atoms with E-state index in [1.807, 2.05) is 0 Å². The number of hydrogen-bond donors (Lipinski definition) is 3. The van der Waals surface area contributed by atoms with E-state index < -0.39 is 0 Å². The van der Waals surface area contributed by atoms with E-state index in [-0.39, 0.29) is 16.9 Å². The highest BCUT2D eigenvalue weighted by molar-refractivity contribution is 5.26. The molecular formula is C19H30N2O+2. The van der Waals surface area contributed by atoms with Crippen LogP contribution < -0.4 is 9.80 Å². The quantitative estimate of drug-likeness (QED) is 0.718. The topological polar surface area (TPSA) is 29.1 Å². The van der Waals surface area contributed by atoms with Gasteiger partial charge < -0.3 is 5.11 Å². The maximum atomic E-state index is 11.1. The van der Waals surface area contributed by atoms with E-state index in [2.05, 4.69) is 45.0 Å². The number of quaternary nitrogens is 2. The van der Waals surface area contributed by atoms with Crippen LogP contribution in [0.2, 0.25) is 0 Å². The molecule has 4 aliphatic rings. The number of nitrogens with one attached hydrogen (secondary N) is 2. The molecule has 0 amide bonds. The fraction of sp³-hybridized carbons (Fsp3) is 0.684. The normalized spacial score (nSPS) is 46.2. The monoisotopic (exact) mass is 302 g/mol. The molecule has 0 radical (unpaired) electrons. The summed E-state index contributed by atoms with van der Waals surface area (Å²) in [5, 5.41) is 11.1. The van der Waals surface area contributed by atoms with Crippen LogP contribution >= 0.6 is 0 Å². The molecule has 4 saturated heterocycles. The maximum absolute atomic E-state index is 11.1. The molecule has 0 spiro atoms. The van der Waals surface area contributed by atoms with Gasteiger partial charge in [-0.3, -0.25) is 9.80 Å². The Hall–Kier alpha value is -0.900. The van der Waals surface area contributed by atoms with E-state index in [0.29, 0.717) is 6.17 Å². The van der Waals surface area contributed by atoms with Crippen LogP contribution in [0.1, 0.15) is 44.0 Å². The van der Waals surface area contributed by atoms with Gasteiger partial charge in [0.2, 0.25) is 6.17 Å². The minimum absolute atomic E-state index is 0.0969. The lowest BCUT2D eigenvalue weighted by Gasteiger charge is -2.64. The van der Waals surface area contributed by atoms with Crippen molar-refractivity contribution in [2.24, 2.45) is 10.8 Å². The minimum Gasteiger partial charge on any atom is -0.391 e. The standard InChI is InChI=1S/C19H28N2O/c1-4-18-10-20-12-19(5-2,17(18)22)13-21(11-18)16(20)15-9-7-6-8-14(15)3/h6-9,16-17,22H,4-5,10-13H2,1-3H3/p+2. The highest BCUT2D eigenvalue weighted by Crippen LogP contribution is 2.44. The molecule has 0 atom stereocenters. The first-order valence-corrected chi connectivity index (χ1v) is 8.98. The van der Waals surface area contributed by atoms with Gasteiger partial charge in [0, 0.05) is 0 Å². The molecule has 120 valence electrons. The first-order valence-electron chi connectivity index (χ1n) is 8.98. The van der Waals surface area contributed by atoms with Gasteiger partial charge in [-0.2, -0.15) is 0 Å². The predicted octanol–water partition coefficient (Wildman–Crippen LogP) is -0.0421. The molecule has 4 heterocycles. The van der Waals surface area contributed by atoms with E-state index in [9.17, 15) is 5.11 Å². The largest absolute Gasteiger partial charge is 0.391 e. The Labute approximate surface area is 133 Å². The van der Waals surface area contributed by atoms with Crippen molar-refractivity contribution in [2.45, 2.75) is 45.9 Å². The maximum Gasteiger partial charge on any atom is 0.240 e. The molecule has 22 heavy (non-hydrogen) atoms. The van der Waals surface area contributed by atoms with Crippen LogP contribution in [0.3, 0.4) is 0 Å². The number of aliphatic hydroxyl groups excluding tert-OH is 1. The summed E-state index contributed by atoms with van der Waals surface area (Å²) in [6.07, 6.45) is 2.71. The van der Waals surface area contributed by atoms with Crippen molar-refractivity contribution in [1.82, 2.24) is 0 Å². The zero-order chi connectivity index (χ0) is 15.5. The summed E-state index contributed by atoms with van der Waals surface area (Å²) in [6, 6.07) is 8.92. The Kier molecular flexibility index (Phi) is 3.20. The van der Waals surface area contributed by atoms with Gasteiger partial charge in [0.15, 0.2) is 0 Å². The van der Waals surface area contributed by atoms with Crippen LogP contribution in [0.4, 0.5) is 0 Å². The van der Waals surface area contributed by atoms with Crippen LogP contribution in [0, 0.1) is 17.8 Å². The third-order valence-electron chi connectivity index (χ3n) is 7.20. The summed E-state index contributed by atoms with van der Waals surface area (Å²) < 4.78 is 0. The third kappa shape index (κ3) is 1.73. The number of piperidine rings is 2. The average Bonchev–Trinajstić information content (AvgIpc) is 2.52. The van der Waals surface area contributed by atoms with Crippen LogP contribution in [0.5, 0.6) is 0 Å². The minimum atomic E-state index is -0.0969. The van der Waals surface area contributed by atoms with Crippen LogP contribution in [0.25, 0.3) is 0 Å². The Morgan fingerprint density at radius 2 is 1.50 bits per heavy atom. The lowest BCUT2D eigenvalue weighted by atomic mass is 9.57. The van der Waals surface area contributed by atoms with E-state index in [1.54, 1.807) is 9.80 Å². The van der Waals surface area contributed by atoms with Gasteiger partial charge in [0.1, 0.15) is 0 Å². The van der Waals surface area contributed by atoms with Crippen molar-refractivity contribution in [3.05, 3.63) is 35.4 Å². The van der Waals surface area contributed by atoms with E-state index in [4.69, 9.17) is 0 Å². The van der Waals surface area contributed by atoms with Gasteiger partial charge in [-0.1, -0.05) is 32.0 Å². The molecule has 1 aromatic rings. The molecule has 1 aromatic carbocycles. The SMILES string of the molecule is CCC12C[NH+]3CC(CC)(C[NH+](C1)C3c1ccccc1C)C2O. The van der Waals surface area contributed by atoms with Crippen LogP contribution in [0.15, 0.2) is 24.3 Å². The summed E-state index contributed by atoms with van der Waals surface area (Å²) in [6.45, 7) is 11.4. The molecule has 0 aliphatic carbocycles. The zero-order valence-electron chi connectivity index (χ0n) is 14.2. The Bertz CT molecular complexity index is 545. The molecular weight excluding hydrogens is 272 g/mol. The lowest BCUT2D eigenvalue weighted by Crippen LogP contribution is -3.41. The Morgan fingerprint density at radius 1 is 1.00 bits per heavy atom. The second kappa shape index (κ2) is 4.80. The van der Waals surface area contributed by atoms with Crippen molar-refractivity contribution in [3.63, 3.8) is 0 Å². The molecule has 4 fully saturated rings. The van der Waals surface area contributed by atoms with Gasteiger partial charge in [-0.25, -0.2) is 0 Å². The van der Waals surface area contributed by atoms with Crippen molar-refractivity contribution >= 4 is 0 Å². The molecule has 3 nitrogen and oxygen atoms in total. The highest BCUT2D eigenvalue weighted by atomic mass is 16.3. The van der Waals surface area contributed by atoms with Gasteiger partial charge >= 0.3 is 0 Å². The van der Waals surface area contributed by atoms with Crippen LogP contribution in [-0.4, -0.2) is 37.4 Å². The smallest absolute Gasteiger partial charge is 0.240 e. The van der Waals surface area contributed by atoms with Crippen molar-refractivity contribution in [1.29, 1.82) is 0 Å². The molecule has 5 rings (SSSR count). The Morgan fingerprint density at radius 3 is 1.95 bits per heavy atom. The molecule has 0 aromatic heterocycles. The number of aliphatic hydroxyl groups is 1. The highest BCUT2D eigenvalue weighted by Gasteiger charge is 2.70. The van der Waals surface area contributed by atoms with E-state index >= 15 is 0 Å². The molecule has 4 bridgehead atoms. The first kappa shape index (κ1) is 14.7. The van der Waals surface area contributed by atoms with E-state index in [0.717, 1.165) is 39.0 Å². The molecule has 4 aliphatic heterocycles. The second-order valence-electron chi connectivity index (χ2n) is 8.15. The average molecular weight is 302 g/mol. The summed E-state index contributed by atoms with van der Waals surface area (Å²) >= 11 is 0. The third-order valence-corrected chi connectivity index (χ3v) is 7.20. The lowest BCUT2D eigenvalue weighted by molar-refractivity contribution is -1.19. The molecule has 0 unspecified atom stereocenters. The summed E-state index contributed by atoms with van der Waals surface area (Å²) in [5.74, 6) is 0. The molecule has 0 saturated carbocycles. The predicted molar refractivity (Wildman–Crippen MR) is 86.8 cm³/mol. The number of aryl methyl sites for hydroxylation is 1. The number of benzene rings is 1. The molecule has 3 heteroatoms. The summed E-state index contributed by atoms with van der Waals surface area (Å²) in [5.41, 5.74) is 3.25. The van der Waals surface area contributed by atoms with Gasteiger partial charge in [0.25, 0.3) is 0 Å². The summed E-state index contributed by atoms with van der Waals surface area (Å²) in [4.78, 5) is 3.44. The van der Waals surface area contributed by atoms with Gasteiger partial charge in [-0.15, -0.1) is 0 Å². The number of rotatable bonds is 3. The summed E-state index contributed by atoms with van der Waals surface area (Å²) in [7, 11) is 0. The van der Waals surface area contributed by atoms with Crippen LogP contribution in [-0.2, 0) is 0 Å². The first-order chi connectivity index (χ1) is 10.6. The van der Waals surface area contributed by atoms with Crippen molar-refractivity contribution in [3.8, 4) is 0 Å². The zero-order valence-corrected chi connectivity index (χ0v) is 14.2. The Balaban J connectivity index is 1.76. The fourth-order valence-corrected chi connectivity index (χ4v) is 6.03. The van der Waals surface area contributed by atoms with Crippen molar-refractivity contribution < 1.29 is 14.9 Å². The van der Waals surface area contributed by atoms with Gasteiger partial charge in [0.05, 0.1) is 48.7 Å². The van der Waals surface area contributed by atoms with Crippen molar-refractivity contribution in [2.75, 3.05) is 26.2 Å². The van der Waals surface area contributed by atoms with Gasteiger partial charge in [-0.05, 0) is 31.4 Å². The number of hydrogen-bond acceptors (Lipinski definition) is 1. The second-order valence-corrected chi connectivity index (χ2v) is 8.15.